The van der Waals surface area contributed by atoms with E-state index in [1.54, 1.807) is 24.3 Å². The standard InChI is InChI=1S/C16H14N4O5/c21-8-13(9-4-2-1-3-5-9)17-12-6-10-11(7-14(12)20(24)25)18-16(23)19-15(10)22/h1-7,13,17,21H,8H2,(H2,18,19,22,23)/t13-/m0/s1. The Morgan fingerprint density at radius 2 is 1.88 bits per heavy atom. The summed E-state index contributed by atoms with van der Waals surface area (Å²) in [5, 5.41) is 24.0. The van der Waals surface area contributed by atoms with E-state index < -0.39 is 22.2 Å². The predicted octanol–water partition coefficient (Wildman–Crippen LogP) is 1.27. The van der Waals surface area contributed by atoms with Crippen molar-refractivity contribution in [3.63, 3.8) is 0 Å². The van der Waals surface area contributed by atoms with E-state index in [0.29, 0.717) is 0 Å². The third kappa shape index (κ3) is 3.26. The molecule has 0 fully saturated rings. The molecule has 1 heterocycles. The quantitative estimate of drug-likeness (QED) is 0.406. The van der Waals surface area contributed by atoms with Crippen molar-refractivity contribution in [1.29, 1.82) is 0 Å². The first-order valence-electron chi connectivity index (χ1n) is 7.36. The number of hydrogen-bond donors (Lipinski definition) is 4. The second-order valence-corrected chi connectivity index (χ2v) is 5.37. The Morgan fingerprint density at radius 1 is 1.16 bits per heavy atom. The number of nitro groups is 1. The molecule has 9 nitrogen and oxygen atoms in total. The van der Waals surface area contributed by atoms with Gasteiger partial charge in [0.1, 0.15) is 5.69 Å². The molecule has 0 aliphatic heterocycles. The van der Waals surface area contributed by atoms with E-state index in [1.807, 2.05) is 6.07 Å². The molecule has 0 bridgehead atoms. The minimum atomic E-state index is -0.745. The third-order valence-corrected chi connectivity index (χ3v) is 3.77. The Morgan fingerprint density at radius 3 is 2.52 bits per heavy atom. The van der Waals surface area contributed by atoms with E-state index >= 15 is 0 Å². The zero-order valence-corrected chi connectivity index (χ0v) is 12.9. The molecule has 128 valence electrons. The Balaban J connectivity index is 2.14. The summed E-state index contributed by atoms with van der Waals surface area (Å²) in [5.74, 6) is 0. The van der Waals surface area contributed by atoms with Crippen LogP contribution in [0.25, 0.3) is 10.9 Å². The first-order valence-corrected chi connectivity index (χ1v) is 7.36. The van der Waals surface area contributed by atoms with Crippen molar-refractivity contribution in [2.75, 3.05) is 11.9 Å². The summed E-state index contributed by atoms with van der Waals surface area (Å²) in [6.07, 6.45) is 0. The highest BCUT2D eigenvalue weighted by Crippen LogP contribution is 2.30. The van der Waals surface area contributed by atoms with Crippen LogP contribution in [0.15, 0.2) is 52.1 Å². The van der Waals surface area contributed by atoms with Crippen molar-refractivity contribution in [3.8, 4) is 0 Å². The molecule has 0 spiro atoms. The number of aliphatic hydroxyl groups is 1. The van der Waals surface area contributed by atoms with Crippen LogP contribution in [-0.2, 0) is 0 Å². The smallest absolute Gasteiger partial charge is 0.326 e. The highest BCUT2D eigenvalue weighted by molar-refractivity contribution is 5.86. The lowest BCUT2D eigenvalue weighted by Gasteiger charge is -2.18. The monoisotopic (exact) mass is 342 g/mol. The lowest BCUT2D eigenvalue weighted by atomic mass is 10.1. The highest BCUT2D eigenvalue weighted by Gasteiger charge is 2.20. The number of aliphatic hydroxyl groups excluding tert-OH is 1. The molecule has 0 saturated heterocycles. The molecule has 0 aliphatic carbocycles. The van der Waals surface area contributed by atoms with Crippen LogP contribution in [0, 0.1) is 10.1 Å². The summed E-state index contributed by atoms with van der Waals surface area (Å²) in [6, 6.07) is 10.7. The van der Waals surface area contributed by atoms with Gasteiger partial charge in [-0.3, -0.25) is 19.9 Å². The number of H-pyrrole nitrogens is 2. The fourth-order valence-electron chi connectivity index (χ4n) is 2.58. The molecule has 1 atom stereocenters. The maximum Gasteiger partial charge on any atom is 0.326 e. The molecule has 25 heavy (non-hydrogen) atoms. The minimum Gasteiger partial charge on any atom is -0.394 e. The van der Waals surface area contributed by atoms with Gasteiger partial charge in [0, 0.05) is 6.07 Å². The molecular formula is C16H14N4O5. The van der Waals surface area contributed by atoms with E-state index in [-0.39, 0.29) is 28.9 Å². The van der Waals surface area contributed by atoms with Crippen molar-refractivity contribution in [3.05, 3.63) is 79.0 Å². The molecule has 4 N–H and O–H groups in total. The molecule has 1 aromatic heterocycles. The van der Waals surface area contributed by atoms with Gasteiger partial charge < -0.3 is 15.4 Å². The van der Waals surface area contributed by atoms with E-state index in [0.717, 1.165) is 11.6 Å². The molecule has 0 radical (unpaired) electrons. The van der Waals surface area contributed by atoms with Gasteiger partial charge in [-0.05, 0) is 11.6 Å². The van der Waals surface area contributed by atoms with Crippen molar-refractivity contribution in [2.45, 2.75) is 6.04 Å². The fourth-order valence-corrected chi connectivity index (χ4v) is 2.58. The molecule has 0 amide bonds. The van der Waals surface area contributed by atoms with Crippen LogP contribution in [0.2, 0.25) is 0 Å². The maximum atomic E-state index is 11.9. The largest absolute Gasteiger partial charge is 0.394 e. The van der Waals surface area contributed by atoms with E-state index in [4.69, 9.17) is 0 Å². The van der Waals surface area contributed by atoms with Crippen molar-refractivity contribution in [2.24, 2.45) is 0 Å². The van der Waals surface area contributed by atoms with Crippen LogP contribution >= 0.6 is 0 Å². The molecule has 0 aliphatic rings. The Kier molecular flexibility index (Phi) is 4.31. The van der Waals surface area contributed by atoms with Crippen molar-refractivity contribution in [1.82, 2.24) is 9.97 Å². The van der Waals surface area contributed by atoms with E-state index in [9.17, 15) is 24.8 Å². The van der Waals surface area contributed by atoms with Crippen LogP contribution in [0.4, 0.5) is 11.4 Å². The highest BCUT2D eigenvalue weighted by atomic mass is 16.6. The number of aromatic nitrogens is 2. The second-order valence-electron chi connectivity index (χ2n) is 5.37. The lowest BCUT2D eigenvalue weighted by molar-refractivity contribution is -0.383. The average Bonchev–Trinajstić information content (AvgIpc) is 2.60. The molecule has 9 heteroatoms. The van der Waals surface area contributed by atoms with Gasteiger partial charge >= 0.3 is 5.69 Å². The first-order chi connectivity index (χ1) is 12.0. The number of nitrogens with zero attached hydrogens (tertiary/aromatic N) is 1. The number of rotatable bonds is 5. The van der Waals surface area contributed by atoms with Crippen LogP contribution in [-0.4, -0.2) is 26.6 Å². The number of benzene rings is 2. The van der Waals surface area contributed by atoms with Gasteiger partial charge in [0.25, 0.3) is 11.2 Å². The Hall–Kier alpha value is -3.46. The van der Waals surface area contributed by atoms with Crippen LogP contribution in [0.3, 0.4) is 0 Å². The SMILES string of the molecule is O=c1[nH]c(=O)c2cc(N[C@@H](CO)c3ccccc3)c([N+](=O)[O-])cc2[nH]1. The molecule has 3 aromatic rings. The van der Waals surface area contributed by atoms with Gasteiger partial charge in [0.15, 0.2) is 0 Å². The van der Waals surface area contributed by atoms with Gasteiger partial charge in [0.05, 0.1) is 28.5 Å². The summed E-state index contributed by atoms with van der Waals surface area (Å²) in [6.45, 7) is -0.304. The third-order valence-electron chi connectivity index (χ3n) is 3.77. The van der Waals surface area contributed by atoms with Crippen LogP contribution in [0.5, 0.6) is 0 Å². The number of hydrogen-bond acceptors (Lipinski definition) is 6. The number of nitrogens with one attached hydrogen (secondary N) is 3. The normalized spacial score (nSPS) is 12.0. The number of anilines is 1. The van der Waals surface area contributed by atoms with E-state index in [2.05, 4.69) is 15.3 Å². The molecule has 2 aromatic carbocycles. The average molecular weight is 342 g/mol. The summed E-state index contributed by atoms with van der Waals surface area (Å²) >= 11 is 0. The first kappa shape index (κ1) is 16.4. The molecular weight excluding hydrogens is 328 g/mol. The molecule has 0 unspecified atom stereocenters. The summed E-state index contributed by atoms with van der Waals surface area (Å²) in [4.78, 5) is 38.5. The second kappa shape index (κ2) is 6.57. The lowest BCUT2D eigenvalue weighted by Crippen LogP contribution is -2.22. The molecule has 0 saturated carbocycles. The zero-order valence-electron chi connectivity index (χ0n) is 12.9. The summed E-state index contributed by atoms with van der Waals surface area (Å²) in [7, 11) is 0. The number of nitro benzene ring substituents is 1. The summed E-state index contributed by atoms with van der Waals surface area (Å²) < 4.78 is 0. The maximum absolute atomic E-state index is 11.9. The van der Waals surface area contributed by atoms with Crippen molar-refractivity contribution < 1.29 is 10.0 Å². The van der Waals surface area contributed by atoms with Crippen molar-refractivity contribution >= 4 is 22.3 Å². The Bertz CT molecular complexity index is 1040. The zero-order chi connectivity index (χ0) is 18.0. The van der Waals surface area contributed by atoms with Crippen LogP contribution < -0.4 is 16.6 Å². The fraction of sp³-hybridized carbons (Fsp3) is 0.125. The Labute approximate surface area is 140 Å². The van der Waals surface area contributed by atoms with E-state index in [1.165, 1.54) is 6.07 Å². The molecule has 3 rings (SSSR count). The van der Waals surface area contributed by atoms with Gasteiger partial charge in [-0.2, -0.15) is 0 Å². The topological polar surface area (TPSA) is 141 Å². The van der Waals surface area contributed by atoms with Gasteiger partial charge in [0.2, 0.25) is 0 Å². The van der Waals surface area contributed by atoms with Gasteiger partial charge in [-0.25, -0.2) is 4.79 Å². The summed E-state index contributed by atoms with van der Waals surface area (Å²) in [5.41, 5.74) is -0.857. The number of fused-ring (bicyclic) bond motifs is 1. The van der Waals surface area contributed by atoms with Gasteiger partial charge in [-0.1, -0.05) is 30.3 Å². The predicted molar refractivity (Wildman–Crippen MR) is 91.7 cm³/mol. The number of aromatic amines is 2. The minimum absolute atomic E-state index is 0.0614. The van der Waals surface area contributed by atoms with Gasteiger partial charge in [-0.15, -0.1) is 0 Å². The van der Waals surface area contributed by atoms with Crippen LogP contribution in [0.1, 0.15) is 11.6 Å².